The van der Waals surface area contributed by atoms with Gasteiger partial charge in [-0.05, 0) is 37.4 Å². The third-order valence-corrected chi connectivity index (χ3v) is 5.46. The minimum atomic E-state index is 0.272. The van der Waals surface area contributed by atoms with Crippen LogP contribution >= 0.6 is 0 Å². The number of aldehydes is 1. The molecule has 0 N–H and O–H groups in total. The average Bonchev–Trinajstić information content (AvgIpc) is 2.62. The van der Waals surface area contributed by atoms with Gasteiger partial charge in [-0.2, -0.15) is 0 Å². The summed E-state index contributed by atoms with van der Waals surface area (Å²) in [7, 11) is 2.02. The summed E-state index contributed by atoms with van der Waals surface area (Å²) < 4.78 is 0. The number of likely N-dealkylation sites (N-methyl/N-ethyl adjacent to an activating group) is 1. The number of fused-ring (bicyclic) bond motifs is 3. The van der Waals surface area contributed by atoms with Crippen LogP contribution in [0.4, 0.5) is 0 Å². The van der Waals surface area contributed by atoms with E-state index in [1.165, 1.54) is 30.4 Å². The molecule has 130 valence electrons. The van der Waals surface area contributed by atoms with Gasteiger partial charge in [-0.3, -0.25) is 9.69 Å². The highest BCUT2D eigenvalue weighted by Crippen LogP contribution is 2.32. The zero-order valence-electron chi connectivity index (χ0n) is 14.6. The summed E-state index contributed by atoms with van der Waals surface area (Å²) in [5, 5.41) is 0. The standard InChI is InChI=1S/C13H16N2O.C7H12O/c1-14-8-12-11-5-3-2-4-10(11)6-7-15(12)13(16)9-14;8-6-7-4-2-1-3-5-7/h2-5,12H,6-9H2,1H3;6-7H,1-5H2. The molecule has 1 saturated carbocycles. The van der Waals surface area contributed by atoms with E-state index in [2.05, 4.69) is 29.2 Å². The Morgan fingerprint density at radius 1 is 1.12 bits per heavy atom. The molecule has 2 aliphatic heterocycles. The topological polar surface area (TPSA) is 40.6 Å². The van der Waals surface area contributed by atoms with Gasteiger partial charge in [0.05, 0.1) is 12.6 Å². The summed E-state index contributed by atoms with van der Waals surface area (Å²) in [6.07, 6.45) is 8.27. The molecule has 0 aromatic heterocycles. The lowest BCUT2D eigenvalue weighted by Gasteiger charge is -2.43. The quantitative estimate of drug-likeness (QED) is 0.744. The number of carbonyl (C=O) groups excluding carboxylic acids is 2. The first kappa shape index (κ1) is 17.2. The van der Waals surface area contributed by atoms with Crippen LogP contribution in [0, 0.1) is 5.92 Å². The number of amides is 1. The summed E-state index contributed by atoms with van der Waals surface area (Å²) in [4.78, 5) is 26.3. The summed E-state index contributed by atoms with van der Waals surface area (Å²) in [5.41, 5.74) is 2.75. The van der Waals surface area contributed by atoms with Crippen LogP contribution in [0.25, 0.3) is 0 Å². The van der Waals surface area contributed by atoms with E-state index in [4.69, 9.17) is 0 Å². The molecule has 0 radical (unpaired) electrons. The van der Waals surface area contributed by atoms with Gasteiger partial charge in [-0.25, -0.2) is 0 Å². The van der Waals surface area contributed by atoms with Crippen molar-refractivity contribution < 1.29 is 9.59 Å². The largest absolute Gasteiger partial charge is 0.333 e. The molecule has 1 aromatic carbocycles. The zero-order chi connectivity index (χ0) is 16.9. The van der Waals surface area contributed by atoms with Gasteiger partial charge >= 0.3 is 0 Å². The van der Waals surface area contributed by atoms with E-state index < -0.39 is 0 Å². The predicted octanol–water partition coefficient (Wildman–Crippen LogP) is 2.82. The van der Waals surface area contributed by atoms with Crippen LogP contribution in [0.2, 0.25) is 0 Å². The van der Waals surface area contributed by atoms with Crippen molar-refractivity contribution in [3.05, 3.63) is 35.4 Å². The van der Waals surface area contributed by atoms with Gasteiger partial charge in [0.2, 0.25) is 5.91 Å². The van der Waals surface area contributed by atoms with Crippen molar-refractivity contribution in [3.63, 3.8) is 0 Å². The fourth-order valence-corrected chi connectivity index (χ4v) is 4.10. The molecule has 1 unspecified atom stereocenters. The smallest absolute Gasteiger partial charge is 0.237 e. The van der Waals surface area contributed by atoms with Crippen LogP contribution in [0.1, 0.15) is 49.3 Å². The Morgan fingerprint density at radius 2 is 1.88 bits per heavy atom. The molecule has 3 aliphatic rings. The number of rotatable bonds is 1. The van der Waals surface area contributed by atoms with Gasteiger partial charge in [0.15, 0.2) is 0 Å². The van der Waals surface area contributed by atoms with E-state index in [9.17, 15) is 9.59 Å². The minimum absolute atomic E-state index is 0.272. The zero-order valence-corrected chi connectivity index (χ0v) is 14.6. The fraction of sp³-hybridized carbons (Fsp3) is 0.600. The van der Waals surface area contributed by atoms with E-state index in [-0.39, 0.29) is 11.9 Å². The number of hydrogen-bond donors (Lipinski definition) is 0. The molecule has 1 aliphatic carbocycles. The number of hydrogen-bond acceptors (Lipinski definition) is 3. The molecule has 4 heteroatoms. The first-order chi connectivity index (χ1) is 11.7. The highest BCUT2D eigenvalue weighted by molar-refractivity contribution is 5.80. The highest BCUT2D eigenvalue weighted by atomic mass is 16.2. The van der Waals surface area contributed by atoms with Crippen LogP contribution in [0.15, 0.2) is 24.3 Å². The summed E-state index contributed by atoms with van der Waals surface area (Å²) in [6.45, 7) is 2.41. The molecule has 2 heterocycles. The summed E-state index contributed by atoms with van der Waals surface area (Å²) in [5.74, 6) is 0.678. The van der Waals surface area contributed by atoms with Gasteiger partial charge in [-0.15, -0.1) is 0 Å². The Kier molecular flexibility index (Phi) is 5.67. The van der Waals surface area contributed by atoms with Crippen molar-refractivity contribution in [1.82, 2.24) is 9.80 Å². The Morgan fingerprint density at radius 3 is 2.58 bits per heavy atom. The van der Waals surface area contributed by atoms with Crippen LogP contribution < -0.4 is 0 Å². The van der Waals surface area contributed by atoms with Crippen molar-refractivity contribution in [2.24, 2.45) is 5.92 Å². The van der Waals surface area contributed by atoms with Crippen molar-refractivity contribution in [2.45, 2.75) is 44.6 Å². The molecule has 4 nitrogen and oxygen atoms in total. The molecule has 1 atom stereocenters. The molecule has 1 saturated heterocycles. The third-order valence-electron chi connectivity index (χ3n) is 5.46. The monoisotopic (exact) mass is 328 g/mol. The van der Waals surface area contributed by atoms with Crippen molar-refractivity contribution in [1.29, 1.82) is 0 Å². The Hall–Kier alpha value is -1.68. The van der Waals surface area contributed by atoms with Crippen LogP contribution in [0.5, 0.6) is 0 Å². The van der Waals surface area contributed by atoms with E-state index in [1.807, 2.05) is 11.9 Å². The first-order valence-electron chi connectivity index (χ1n) is 9.20. The summed E-state index contributed by atoms with van der Waals surface area (Å²) in [6, 6.07) is 8.78. The number of piperazine rings is 1. The maximum atomic E-state index is 11.9. The SMILES string of the molecule is CN1CC(=O)N2CCc3ccccc3C2C1.O=CC1CCCCC1. The first-order valence-corrected chi connectivity index (χ1v) is 9.20. The Labute approximate surface area is 144 Å². The molecule has 2 fully saturated rings. The molecule has 1 aromatic rings. The minimum Gasteiger partial charge on any atom is -0.333 e. The van der Waals surface area contributed by atoms with Crippen LogP contribution in [-0.2, 0) is 16.0 Å². The average molecular weight is 328 g/mol. The molecule has 0 spiro atoms. The van der Waals surface area contributed by atoms with Crippen molar-refractivity contribution in [2.75, 3.05) is 26.7 Å². The van der Waals surface area contributed by atoms with Gasteiger partial charge in [0.1, 0.15) is 6.29 Å². The summed E-state index contributed by atoms with van der Waals surface area (Å²) >= 11 is 0. The number of nitrogens with zero attached hydrogens (tertiary/aromatic N) is 2. The van der Waals surface area contributed by atoms with E-state index >= 15 is 0 Å². The molecule has 4 rings (SSSR count). The van der Waals surface area contributed by atoms with Crippen molar-refractivity contribution >= 4 is 12.2 Å². The molecule has 0 bridgehead atoms. The number of carbonyl (C=O) groups is 2. The molecular weight excluding hydrogens is 300 g/mol. The lowest BCUT2D eigenvalue weighted by molar-refractivity contribution is -0.139. The maximum absolute atomic E-state index is 11.9. The lowest BCUT2D eigenvalue weighted by Crippen LogP contribution is -2.53. The molecule has 1 amide bonds. The normalized spacial score (nSPS) is 24.5. The predicted molar refractivity (Wildman–Crippen MR) is 94.7 cm³/mol. The second-order valence-electron chi connectivity index (χ2n) is 7.28. The van der Waals surface area contributed by atoms with Gasteiger partial charge in [0, 0.05) is 19.0 Å². The third kappa shape index (κ3) is 3.86. The second kappa shape index (κ2) is 7.93. The maximum Gasteiger partial charge on any atom is 0.237 e. The van der Waals surface area contributed by atoms with Gasteiger partial charge in [-0.1, -0.05) is 43.5 Å². The van der Waals surface area contributed by atoms with E-state index in [0.717, 1.165) is 38.6 Å². The van der Waals surface area contributed by atoms with Crippen LogP contribution in [-0.4, -0.2) is 48.7 Å². The Balaban J connectivity index is 0.000000179. The van der Waals surface area contributed by atoms with Crippen LogP contribution in [0.3, 0.4) is 0 Å². The van der Waals surface area contributed by atoms with E-state index in [1.54, 1.807) is 0 Å². The fourth-order valence-electron chi connectivity index (χ4n) is 4.10. The highest BCUT2D eigenvalue weighted by Gasteiger charge is 2.35. The molecule has 24 heavy (non-hydrogen) atoms. The number of benzene rings is 1. The Bertz CT molecular complexity index is 581. The second-order valence-corrected chi connectivity index (χ2v) is 7.28. The molecular formula is C20H28N2O2. The lowest BCUT2D eigenvalue weighted by atomic mass is 9.91. The van der Waals surface area contributed by atoms with E-state index in [0.29, 0.717) is 12.5 Å². The van der Waals surface area contributed by atoms with Gasteiger partial charge in [0.25, 0.3) is 0 Å². The van der Waals surface area contributed by atoms with Gasteiger partial charge < -0.3 is 9.69 Å². The van der Waals surface area contributed by atoms with Crippen molar-refractivity contribution in [3.8, 4) is 0 Å².